The number of benzene rings is 2. The Morgan fingerprint density at radius 3 is 2.24 bits per heavy atom. The summed E-state index contributed by atoms with van der Waals surface area (Å²) in [7, 11) is 0. The number of nitrogens with zero attached hydrogens (tertiary/aromatic N) is 2. The topological polar surface area (TPSA) is 46.9 Å². The molecule has 25 heavy (non-hydrogen) atoms. The van der Waals surface area contributed by atoms with Gasteiger partial charge in [-0.15, -0.1) is 0 Å². The van der Waals surface area contributed by atoms with Gasteiger partial charge >= 0.3 is 0 Å². The van der Waals surface area contributed by atoms with Gasteiger partial charge in [-0.25, -0.2) is 0 Å². The summed E-state index contributed by atoms with van der Waals surface area (Å²) >= 11 is 11.9. The van der Waals surface area contributed by atoms with E-state index in [1.54, 1.807) is 24.3 Å². The molecule has 1 saturated heterocycles. The predicted octanol–water partition coefficient (Wildman–Crippen LogP) is 3.94. The van der Waals surface area contributed by atoms with Crippen LogP contribution < -0.4 is 4.90 Å². The maximum Gasteiger partial charge on any atom is 0.115 e. The van der Waals surface area contributed by atoms with Crippen molar-refractivity contribution in [2.24, 2.45) is 0 Å². The van der Waals surface area contributed by atoms with Gasteiger partial charge < -0.3 is 15.1 Å². The molecule has 1 aliphatic heterocycles. The molecule has 1 unspecified atom stereocenters. The van der Waals surface area contributed by atoms with Crippen molar-refractivity contribution in [1.82, 2.24) is 4.90 Å². The number of aliphatic hydroxyl groups is 1. The zero-order valence-electron chi connectivity index (χ0n) is 13.9. The molecule has 0 aliphatic carbocycles. The highest BCUT2D eigenvalue weighted by Crippen LogP contribution is 2.27. The van der Waals surface area contributed by atoms with E-state index in [1.807, 2.05) is 18.2 Å². The number of phenols is 1. The highest BCUT2D eigenvalue weighted by atomic mass is 35.5. The van der Waals surface area contributed by atoms with Gasteiger partial charge in [0.25, 0.3) is 0 Å². The molecule has 0 saturated carbocycles. The molecule has 2 N–H and O–H groups in total. The van der Waals surface area contributed by atoms with Crippen molar-refractivity contribution in [1.29, 1.82) is 0 Å². The predicted molar refractivity (Wildman–Crippen MR) is 103 cm³/mol. The van der Waals surface area contributed by atoms with E-state index in [0.29, 0.717) is 22.2 Å². The molecule has 1 heterocycles. The summed E-state index contributed by atoms with van der Waals surface area (Å²) in [5.41, 5.74) is 1.94. The average Bonchev–Trinajstić information content (AvgIpc) is 2.63. The van der Waals surface area contributed by atoms with Crippen molar-refractivity contribution in [3.63, 3.8) is 0 Å². The zero-order chi connectivity index (χ0) is 17.8. The van der Waals surface area contributed by atoms with Gasteiger partial charge in [0.2, 0.25) is 0 Å². The van der Waals surface area contributed by atoms with Gasteiger partial charge in [0, 0.05) is 38.4 Å². The van der Waals surface area contributed by atoms with Gasteiger partial charge in [-0.2, -0.15) is 0 Å². The number of phenolic OH excluding ortho intramolecular Hbond substituents is 1. The first-order valence-electron chi connectivity index (χ1n) is 8.42. The maximum absolute atomic E-state index is 10.4. The van der Waals surface area contributed by atoms with E-state index in [1.165, 1.54) is 0 Å². The van der Waals surface area contributed by atoms with Gasteiger partial charge in [0.05, 0.1) is 16.1 Å². The molecule has 3 rings (SSSR count). The lowest BCUT2D eigenvalue weighted by Gasteiger charge is -2.36. The summed E-state index contributed by atoms with van der Waals surface area (Å²) in [4.78, 5) is 4.67. The van der Waals surface area contributed by atoms with Gasteiger partial charge in [0.1, 0.15) is 5.75 Å². The van der Waals surface area contributed by atoms with Crippen molar-refractivity contribution >= 4 is 28.9 Å². The van der Waals surface area contributed by atoms with Crippen LogP contribution in [0.25, 0.3) is 0 Å². The van der Waals surface area contributed by atoms with E-state index in [9.17, 15) is 10.2 Å². The number of aromatic hydroxyl groups is 1. The molecule has 134 valence electrons. The number of piperazine rings is 1. The highest BCUT2D eigenvalue weighted by molar-refractivity contribution is 6.42. The van der Waals surface area contributed by atoms with Crippen LogP contribution in [0.2, 0.25) is 10.0 Å². The smallest absolute Gasteiger partial charge is 0.115 e. The molecule has 0 spiro atoms. The fourth-order valence-corrected chi connectivity index (χ4v) is 3.39. The molecule has 2 aromatic rings. The number of hydrogen-bond donors (Lipinski definition) is 2. The van der Waals surface area contributed by atoms with Crippen LogP contribution in [0.15, 0.2) is 42.5 Å². The third kappa shape index (κ3) is 4.79. The van der Waals surface area contributed by atoms with E-state index in [-0.39, 0.29) is 0 Å². The lowest BCUT2D eigenvalue weighted by Crippen LogP contribution is -2.46. The van der Waals surface area contributed by atoms with Gasteiger partial charge in [0.15, 0.2) is 0 Å². The van der Waals surface area contributed by atoms with E-state index in [2.05, 4.69) is 9.80 Å². The quantitative estimate of drug-likeness (QED) is 0.824. The Labute approximate surface area is 158 Å². The molecule has 1 atom stereocenters. The molecule has 0 amide bonds. The van der Waals surface area contributed by atoms with Crippen LogP contribution >= 0.6 is 23.2 Å². The van der Waals surface area contributed by atoms with Crippen molar-refractivity contribution in [3.8, 4) is 5.75 Å². The van der Waals surface area contributed by atoms with Crippen LogP contribution in [0, 0.1) is 0 Å². The molecular weight excluding hydrogens is 359 g/mol. The van der Waals surface area contributed by atoms with E-state index >= 15 is 0 Å². The summed E-state index contributed by atoms with van der Waals surface area (Å²) in [6.45, 7) is 4.62. The minimum Gasteiger partial charge on any atom is -0.508 e. The molecule has 1 fully saturated rings. The van der Waals surface area contributed by atoms with Crippen molar-refractivity contribution in [3.05, 3.63) is 58.1 Å². The molecule has 0 radical (unpaired) electrons. The molecule has 1 aliphatic rings. The second-order valence-electron chi connectivity index (χ2n) is 6.32. The number of anilines is 1. The van der Waals surface area contributed by atoms with Crippen LogP contribution in [-0.4, -0.2) is 47.8 Å². The van der Waals surface area contributed by atoms with Crippen molar-refractivity contribution < 1.29 is 10.2 Å². The Kier molecular flexibility index (Phi) is 6.07. The van der Waals surface area contributed by atoms with E-state index in [0.717, 1.165) is 44.0 Å². The van der Waals surface area contributed by atoms with Crippen LogP contribution in [0.1, 0.15) is 18.1 Å². The first-order chi connectivity index (χ1) is 12.0. The van der Waals surface area contributed by atoms with Crippen LogP contribution in [0.4, 0.5) is 5.69 Å². The SMILES string of the molecule is Oc1ccc(N2CCN(CCC(O)c3ccc(Cl)c(Cl)c3)CC2)cc1. The average molecular weight is 381 g/mol. The lowest BCUT2D eigenvalue weighted by molar-refractivity contribution is 0.139. The molecule has 0 aromatic heterocycles. The standard InChI is InChI=1S/C19H22Cl2N2O2/c20-17-6-1-14(13-18(17)21)19(25)7-8-22-9-11-23(12-10-22)15-2-4-16(24)5-3-15/h1-6,13,19,24-25H,7-12H2. The minimum absolute atomic E-state index is 0.290. The molecule has 6 heteroatoms. The van der Waals surface area contributed by atoms with Gasteiger partial charge in [-0.3, -0.25) is 4.90 Å². The zero-order valence-corrected chi connectivity index (χ0v) is 15.4. The van der Waals surface area contributed by atoms with Crippen LogP contribution in [-0.2, 0) is 0 Å². The normalized spacial score (nSPS) is 16.8. The number of hydrogen-bond acceptors (Lipinski definition) is 4. The number of rotatable bonds is 5. The summed E-state index contributed by atoms with van der Waals surface area (Å²) in [5.74, 6) is 0.290. The second-order valence-corrected chi connectivity index (χ2v) is 7.14. The largest absolute Gasteiger partial charge is 0.508 e. The third-order valence-corrected chi connectivity index (χ3v) is 5.37. The molecular formula is C19H22Cl2N2O2. The molecule has 0 bridgehead atoms. The molecule has 4 nitrogen and oxygen atoms in total. The number of aliphatic hydroxyl groups excluding tert-OH is 1. The Morgan fingerprint density at radius 1 is 0.920 bits per heavy atom. The highest BCUT2D eigenvalue weighted by Gasteiger charge is 2.18. The van der Waals surface area contributed by atoms with Gasteiger partial charge in [-0.1, -0.05) is 29.3 Å². The first-order valence-corrected chi connectivity index (χ1v) is 9.18. The third-order valence-electron chi connectivity index (χ3n) is 4.63. The number of halogens is 2. The minimum atomic E-state index is -0.537. The van der Waals surface area contributed by atoms with Gasteiger partial charge in [-0.05, 0) is 48.4 Å². The van der Waals surface area contributed by atoms with Crippen LogP contribution in [0.3, 0.4) is 0 Å². The fraction of sp³-hybridized carbons (Fsp3) is 0.368. The lowest BCUT2D eigenvalue weighted by atomic mass is 10.1. The first kappa shape index (κ1) is 18.3. The Balaban J connectivity index is 1.47. The monoisotopic (exact) mass is 380 g/mol. The van der Waals surface area contributed by atoms with E-state index < -0.39 is 6.10 Å². The van der Waals surface area contributed by atoms with Crippen molar-refractivity contribution in [2.75, 3.05) is 37.6 Å². The van der Waals surface area contributed by atoms with Crippen LogP contribution in [0.5, 0.6) is 5.75 Å². The summed E-state index contributed by atoms with van der Waals surface area (Å²) < 4.78 is 0. The summed E-state index contributed by atoms with van der Waals surface area (Å²) in [6, 6.07) is 12.6. The maximum atomic E-state index is 10.4. The molecule has 2 aromatic carbocycles. The summed E-state index contributed by atoms with van der Waals surface area (Å²) in [6.07, 6.45) is 0.127. The van der Waals surface area contributed by atoms with Crippen molar-refractivity contribution in [2.45, 2.75) is 12.5 Å². The second kappa shape index (κ2) is 8.28. The van der Waals surface area contributed by atoms with E-state index in [4.69, 9.17) is 23.2 Å². The Hall–Kier alpha value is -1.46. The summed E-state index contributed by atoms with van der Waals surface area (Å²) in [5, 5.41) is 20.7. The fourth-order valence-electron chi connectivity index (χ4n) is 3.08. The Morgan fingerprint density at radius 2 is 1.60 bits per heavy atom. The Bertz CT molecular complexity index is 701.